The third-order valence-electron chi connectivity index (χ3n) is 3.30. The average Bonchev–Trinajstić information content (AvgIpc) is 2.29. The van der Waals surface area contributed by atoms with Crippen molar-refractivity contribution in [3.63, 3.8) is 0 Å². The molecule has 0 aliphatic rings. The molecule has 4 nitrogen and oxygen atoms in total. The summed E-state index contributed by atoms with van der Waals surface area (Å²) in [7, 11) is 3.73. The van der Waals surface area contributed by atoms with Crippen molar-refractivity contribution in [2.45, 2.75) is 34.1 Å². The lowest BCUT2D eigenvalue weighted by Gasteiger charge is -2.29. The standard InChI is InChI=1S/C14H24N2O2/c1-7-15(5)10-11(13(18)12(10)17)16(6)9-8-14(2,3)4/h7-9H2,1-6H3. The molecule has 0 bridgehead atoms. The van der Waals surface area contributed by atoms with Crippen molar-refractivity contribution in [3.8, 4) is 0 Å². The van der Waals surface area contributed by atoms with Crippen LogP contribution in [0.15, 0.2) is 9.59 Å². The predicted octanol–water partition coefficient (Wildman–Crippen LogP) is 1.61. The zero-order valence-corrected chi connectivity index (χ0v) is 12.3. The third-order valence-corrected chi connectivity index (χ3v) is 3.30. The van der Waals surface area contributed by atoms with Crippen LogP contribution in [-0.4, -0.2) is 27.2 Å². The SMILES string of the molecule is CCN(C)c1c(N(C)CCC(C)(C)C)c(=O)c1=O. The second-order valence-corrected chi connectivity index (χ2v) is 6.10. The highest BCUT2D eigenvalue weighted by molar-refractivity contribution is 5.75. The number of hydrogen-bond donors (Lipinski definition) is 0. The van der Waals surface area contributed by atoms with Crippen molar-refractivity contribution >= 4 is 11.4 Å². The molecule has 0 aliphatic carbocycles. The predicted molar refractivity (Wildman–Crippen MR) is 77.6 cm³/mol. The van der Waals surface area contributed by atoms with Crippen LogP contribution in [0.3, 0.4) is 0 Å². The van der Waals surface area contributed by atoms with Gasteiger partial charge in [0.1, 0.15) is 11.4 Å². The molecule has 18 heavy (non-hydrogen) atoms. The van der Waals surface area contributed by atoms with Crippen molar-refractivity contribution in [1.82, 2.24) is 0 Å². The molecule has 0 unspecified atom stereocenters. The van der Waals surface area contributed by atoms with E-state index in [0.29, 0.717) is 11.4 Å². The second kappa shape index (κ2) is 5.12. The van der Waals surface area contributed by atoms with Crippen LogP contribution in [0.1, 0.15) is 34.1 Å². The third kappa shape index (κ3) is 2.92. The quantitative estimate of drug-likeness (QED) is 0.747. The van der Waals surface area contributed by atoms with Crippen LogP contribution in [0.25, 0.3) is 0 Å². The molecule has 0 aliphatic heterocycles. The molecule has 0 radical (unpaired) electrons. The Labute approximate surface area is 109 Å². The van der Waals surface area contributed by atoms with E-state index < -0.39 is 0 Å². The van der Waals surface area contributed by atoms with Crippen molar-refractivity contribution < 1.29 is 0 Å². The van der Waals surface area contributed by atoms with Crippen molar-refractivity contribution in [1.29, 1.82) is 0 Å². The van der Waals surface area contributed by atoms with Crippen molar-refractivity contribution in [2.24, 2.45) is 5.41 Å². The van der Waals surface area contributed by atoms with Gasteiger partial charge in [0.25, 0.3) is 10.9 Å². The summed E-state index contributed by atoms with van der Waals surface area (Å²) in [6.07, 6.45) is 0.984. The smallest absolute Gasteiger partial charge is 0.253 e. The molecule has 0 atom stereocenters. The minimum absolute atomic E-state index is 0.225. The first-order chi connectivity index (χ1) is 8.19. The van der Waals surface area contributed by atoms with Gasteiger partial charge in [-0.1, -0.05) is 20.8 Å². The lowest BCUT2D eigenvalue weighted by atomic mass is 9.92. The van der Waals surface area contributed by atoms with Gasteiger partial charge in [-0.2, -0.15) is 0 Å². The average molecular weight is 252 g/mol. The Morgan fingerprint density at radius 2 is 1.39 bits per heavy atom. The minimum atomic E-state index is -0.350. The lowest BCUT2D eigenvalue weighted by Crippen LogP contribution is -2.44. The highest BCUT2D eigenvalue weighted by Gasteiger charge is 2.26. The van der Waals surface area contributed by atoms with E-state index in [1.165, 1.54) is 0 Å². The molecule has 0 aromatic heterocycles. The molecule has 0 saturated heterocycles. The van der Waals surface area contributed by atoms with Crippen molar-refractivity contribution in [2.75, 3.05) is 37.0 Å². The topological polar surface area (TPSA) is 40.6 Å². The Kier molecular flexibility index (Phi) is 4.20. The van der Waals surface area contributed by atoms with E-state index in [1.54, 1.807) is 0 Å². The van der Waals surface area contributed by atoms with E-state index in [9.17, 15) is 9.59 Å². The van der Waals surface area contributed by atoms with E-state index in [0.717, 1.165) is 19.5 Å². The second-order valence-electron chi connectivity index (χ2n) is 6.10. The number of hydrogen-bond acceptors (Lipinski definition) is 4. The van der Waals surface area contributed by atoms with Gasteiger partial charge in [-0.3, -0.25) is 9.59 Å². The summed E-state index contributed by atoms with van der Waals surface area (Å²) in [6.45, 7) is 9.99. The van der Waals surface area contributed by atoms with Gasteiger partial charge < -0.3 is 9.80 Å². The lowest BCUT2D eigenvalue weighted by molar-refractivity contribution is 0.381. The van der Waals surface area contributed by atoms with E-state index in [1.807, 2.05) is 30.8 Å². The summed E-state index contributed by atoms with van der Waals surface area (Å²) >= 11 is 0. The first-order valence-electron chi connectivity index (χ1n) is 6.44. The summed E-state index contributed by atoms with van der Waals surface area (Å²) in [6, 6.07) is 0. The van der Waals surface area contributed by atoms with E-state index in [-0.39, 0.29) is 16.3 Å². The highest BCUT2D eigenvalue weighted by atomic mass is 16.2. The first kappa shape index (κ1) is 14.7. The molecule has 0 heterocycles. The Hall–Kier alpha value is -1.32. The van der Waals surface area contributed by atoms with E-state index in [2.05, 4.69) is 20.8 Å². The van der Waals surface area contributed by atoms with Gasteiger partial charge in [-0.15, -0.1) is 0 Å². The first-order valence-corrected chi connectivity index (χ1v) is 6.44. The molecule has 0 N–H and O–H groups in total. The summed E-state index contributed by atoms with van der Waals surface area (Å²) in [5.41, 5.74) is 0.675. The molecule has 102 valence electrons. The summed E-state index contributed by atoms with van der Waals surface area (Å²) < 4.78 is 0. The number of rotatable bonds is 5. The van der Waals surface area contributed by atoms with Gasteiger partial charge in [0.2, 0.25) is 0 Å². The van der Waals surface area contributed by atoms with Crippen LogP contribution in [0.5, 0.6) is 0 Å². The molecule has 0 fully saturated rings. The fraction of sp³-hybridized carbons (Fsp3) is 0.714. The minimum Gasteiger partial charge on any atom is -0.370 e. The molecule has 4 heteroatoms. The van der Waals surface area contributed by atoms with Gasteiger partial charge in [0, 0.05) is 27.2 Å². The normalized spacial score (nSPS) is 11.9. The molecular formula is C14H24N2O2. The largest absolute Gasteiger partial charge is 0.370 e. The molecular weight excluding hydrogens is 228 g/mol. The number of anilines is 2. The Balaban J connectivity index is 2.87. The van der Waals surface area contributed by atoms with E-state index in [4.69, 9.17) is 0 Å². The summed E-state index contributed by atoms with van der Waals surface area (Å²) in [5, 5.41) is 0. The van der Waals surface area contributed by atoms with Crippen LogP contribution >= 0.6 is 0 Å². The molecule has 1 aromatic rings. The molecule has 0 amide bonds. The Morgan fingerprint density at radius 3 is 1.78 bits per heavy atom. The zero-order valence-electron chi connectivity index (χ0n) is 12.3. The fourth-order valence-electron chi connectivity index (χ4n) is 1.85. The van der Waals surface area contributed by atoms with Gasteiger partial charge in [0.05, 0.1) is 0 Å². The van der Waals surface area contributed by atoms with Crippen molar-refractivity contribution in [3.05, 3.63) is 20.4 Å². The Morgan fingerprint density at radius 1 is 0.944 bits per heavy atom. The molecule has 1 rings (SSSR count). The van der Waals surface area contributed by atoms with Gasteiger partial charge >= 0.3 is 0 Å². The van der Waals surface area contributed by atoms with Crippen LogP contribution in [0.4, 0.5) is 11.4 Å². The van der Waals surface area contributed by atoms with Crippen LogP contribution in [0, 0.1) is 5.41 Å². The maximum atomic E-state index is 11.7. The number of nitrogens with zero attached hydrogens (tertiary/aromatic N) is 2. The van der Waals surface area contributed by atoms with Gasteiger partial charge in [-0.05, 0) is 18.8 Å². The summed E-state index contributed by atoms with van der Waals surface area (Å²) in [4.78, 5) is 27.0. The fourth-order valence-corrected chi connectivity index (χ4v) is 1.85. The van der Waals surface area contributed by atoms with Gasteiger partial charge in [-0.25, -0.2) is 0 Å². The van der Waals surface area contributed by atoms with Crippen LogP contribution in [0.2, 0.25) is 0 Å². The van der Waals surface area contributed by atoms with E-state index >= 15 is 0 Å². The summed E-state index contributed by atoms with van der Waals surface area (Å²) in [5.74, 6) is 0. The molecule has 0 spiro atoms. The molecule has 1 aromatic carbocycles. The van der Waals surface area contributed by atoms with Gasteiger partial charge in [0.15, 0.2) is 0 Å². The highest BCUT2D eigenvalue weighted by Crippen LogP contribution is 2.25. The monoisotopic (exact) mass is 252 g/mol. The maximum absolute atomic E-state index is 11.7. The van der Waals surface area contributed by atoms with Crippen LogP contribution in [-0.2, 0) is 0 Å². The zero-order chi connectivity index (χ0) is 14.1. The van der Waals surface area contributed by atoms with Crippen LogP contribution < -0.4 is 20.7 Å². The maximum Gasteiger partial charge on any atom is 0.253 e. The Bertz CT molecular complexity index is 479. The molecule has 0 saturated carbocycles.